The van der Waals surface area contributed by atoms with Gasteiger partial charge < -0.3 is 10.2 Å². The van der Waals surface area contributed by atoms with E-state index in [0.29, 0.717) is 17.7 Å². The number of rotatable bonds is 3. The minimum atomic E-state index is -1.04. The Morgan fingerprint density at radius 2 is 1.59 bits per heavy atom. The summed E-state index contributed by atoms with van der Waals surface area (Å²) in [5.41, 5.74) is 3.01. The molecular formula is C23H18F2N2O2. The molecule has 4 rings (SSSR count). The predicted octanol–water partition coefficient (Wildman–Crippen LogP) is 4.81. The minimum absolute atomic E-state index is 0.121. The number of benzene rings is 3. The monoisotopic (exact) mass is 392 g/mol. The molecule has 0 saturated carbocycles. The van der Waals surface area contributed by atoms with Gasteiger partial charge in [0.2, 0.25) is 0 Å². The number of nitrogens with zero attached hydrogens (tertiary/aromatic N) is 1. The average Bonchev–Trinajstić information content (AvgIpc) is 2.75. The van der Waals surface area contributed by atoms with E-state index >= 15 is 0 Å². The molecule has 6 heteroatoms. The third kappa shape index (κ3) is 3.87. The van der Waals surface area contributed by atoms with Gasteiger partial charge in [0.05, 0.1) is 0 Å². The fourth-order valence-corrected chi connectivity index (χ4v) is 3.44. The van der Waals surface area contributed by atoms with Gasteiger partial charge in [0, 0.05) is 35.1 Å². The van der Waals surface area contributed by atoms with Crippen LogP contribution in [0.1, 0.15) is 32.7 Å². The predicted molar refractivity (Wildman–Crippen MR) is 107 cm³/mol. The zero-order chi connectivity index (χ0) is 20.4. The Bertz CT molecular complexity index is 1080. The van der Waals surface area contributed by atoms with Crippen molar-refractivity contribution in [3.05, 3.63) is 95.1 Å². The highest BCUT2D eigenvalue weighted by molar-refractivity contribution is 6.08. The van der Waals surface area contributed by atoms with Crippen LogP contribution in [0.5, 0.6) is 0 Å². The fraction of sp³-hybridized carbons (Fsp3) is 0.130. The molecule has 3 aromatic rings. The van der Waals surface area contributed by atoms with Gasteiger partial charge in [0.15, 0.2) is 11.6 Å². The number of hydrogen-bond acceptors (Lipinski definition) is 2. The van der Waals surface area contributed by atoms with Gasteiger partial charge in [-0.1, -0.05) is 18.2 Å². The summed E-state index contributed by atoms with van der Waals surface area (Å²) in [6.45, 7) is 0.647. The fourth-order valence-electron chi connectivity index (χ4n) is 3.44. The lowest BCUT2D eigenvalue weighted by molar-refractivity contribution is 0.0982. The van der Waals surface area contributed by atoms with Crippen molar-refractivity contribution in [3.8, 4) is 0 Å². The van der Waals surface area contributed by atoms with Gasteiger partial charge in [0.25, 0.3) is 11.8 Å². The lowest BCUT2D eigenvalue weighted by Gasteiger charge is -2.29. The second-order valence-corrected chi connectivity index (χ2v) is 6.85. The van der Waals surface area contributed by atoms with Gasteiger partial charge in [-0.15, -0.1) is 0 Å². The van der Waals surface area contributed by atoms with Crippen LogP contribution in [0.2, 0.25) is 0 Å². The quantitative estimate of drug-likeness (QED) is 0.695. The molecule has 0 aromatic heterocycles. The van der Waals surface area contributed by atoms with E-state index in [2.05, 4.69) is 5.32 Å². The van der Waals surface area contributed by atoms with Crippen LogP contribution in [0.25, 0.3) is 0 Å². The number of carbonyl (C=O) groups excluding carboxylic acids is 2. The van der Waals surface area contributed by atoms with Crippen molar-refractivity contribution in [1.82, 2.24) is 0 Å². The van der Waals surface area contributed by atoms with Crippen LogP contribution >= 0.6 is 0 Å². The van der Waals surface area contributed by atoms with E-state index in [1.54, 1.807) is 17.0 Å². The van der Waals surface area contributed by atoms with Crippen LogP contribution in [-0.2, 0) is 6.42 Å². The van der Waals surface area contributed by atoms with Gasteiger partial charge >= 0.3 is 0 Å². The average molecular weight is 392 g/mol. The molecule has 1 heterocycles. The van der Waals surface area contributed by atoms with E-state index in [1.165, 1.54) is 18.2 Å². The normalized spacial score (nSPS) is 13.0. The van der Waals surface area contributed by atoms with Crippen molar-refractivity contribution in [3.63, 3.8) is 0 Å². The first-order valence-corrected chi connectivity index (χ1v) is 9.29. The lowest BCUT2D eigenvalue weighted by atomic mass is 10.0. The van der Waals surface area contributed by atoms with Crippen LogP contribution in [0.3, 0.4) is 0 Å². The molecule has 0 fully saturated rings. The Morgan fingerprint density at radius 1 is 0.862 bits per heavy atom. The van der Waals surface area contributed by atoms with E-state index in [-0.39, 0.29) is 11.6 Å². The Morgan fingerprint density at radius 3 is 2.34 bits per heavy atom. The summed E-state index contributed by atoms with van der Waals surface area (Å²) in [7, 11) is 0. The second-order valence-electron chi connectivity index (χ2n) is 6.85. The van der Waals surface area contributed by atoms with Crippen molar-refractivity contribution >= 4 is 23.2 Å². The standard InChI is InChI=1S/C23H18F2N2O2/c24-19-12-11-18(14-20(19)25)26-22(28)16-7-9-17(10-8-16)23(29)27-13-3-5-15-4-1-2-6-21(15)27/h1-2,4,6-12,14H,3,5,13H2,(H,26,28). The molecule has 0 atom stereocenters. The molecule has 1 N–H and O–H groups in total. The molecular weight excluding hydrogens is 374 g/mol. The summed E-state index contributed by atoms with van der Waals surface area (Å²) in [5, 5.41) is 2.51. The van der Waals surface area contributed by atoms with Gasteiger partial charge in [-0.3, -0.25) is 9.59 Å². The molecule has 0 spiro atoms. The third-order valence-corrected chi connectivity index (χ3v) is 4.93. The molecule has 0 bridgehead atoms. The maximum atomic E-state index is 13.3. The summed E-state index contributed by atoms with van der Waals surface area (Å²) in [6.07, 6.45) is 1.85. The van der Waals surface area contributed by atoms with Crippen molar-refractivity contribution < 1.29 is 18.4 Å². The topological polar surface area (TPSA) is 49.4 Å². The van der Waals surface area contributed by atoms with E-state index in [4.69, 9.17) is 0 Å². The third-order valence-electron chi connectivity index (χ3n) is 4.93. The molecule has 1 aliphatic heterocycles. The van der Waals surface area contributed by atoms with Crippen LogP contribution in [0.15, 0.2) is 66.7 Å². The molecule has 29 heavy (non-hydrogen) atoms. The Labute approximate surface area is 166 Å². The van der Waals surface area contributed by atoms with Crippen LogP contribution < -0.4 is 10.2 Å². The highest BCUT2D eigenvalue weighted by atomic mass is 19.2. The summed E-state index contributed by atoms with van der Waals surface area (Å²) < 4.78 is 26.3. The minimum Gasteiger partial charge on any atom is -0.322 e. The molecule has 0 aliphatic carbocycles. The number of anilines is 2. The number of amides is 2. The number of aryl methyl sites for hydroxylation is 1. The number of halogens is 2. The zero-order valence-electron chi connectivity index (χ0n) is 15.5. The van der Waals surface area contributed by atoms with Crippen LogP contribution in [0.4, 0.5) is 20.2 Å². The van der Waals surface area contributed by atoms with Gasteiger partial charge in [-0.05, 0) is 60.9 Å². The summed E-state index contributed by atoms with van der Waals surface area (Å²) >= 11 is 0. The lowest BCUT2D eigenvalue weighted by Crippen LogP contribution is -2.35. The van der Waals surface area contributed by atoms with Crippen molar-refractivity contribution in [1.29, 1.82) is 0 Å². The highest BCUT2D eigenvalue weighted by Crippen LogP contribution is 2.28. The first-order chi connectivity index (χ1) is 14.0. The van der Waals surface area contributed by atoms with Crippen molar-refractivity contribution in [2.24, 2.45) is 0 Å². The van der Waals surface area contributed by atoms with Crippen molar-refractivity contribution in [2.45, 2.75) is 12.8 Å². The van der Waals surface area contributed by atoms with Crippen LogP contribution in [-0.4, -0.2) is 18.4 Å². The Hall–Kier alpha value is -3.54. The number of carbonyl (C=O) groups is 2. The number of fused-ring (bicyclic) bond motifs is 1. The number of nitrogens with one attached hydrogen (secondary N) is 1. The van der Waals surface area contributed by atoms with E-state index < -0.39 is 17.5 Å². The smallest absolute Gasteiger partial charge is 0.258 e. The molecule has 0 radical (unpaired) electrons. The van der Waals surface area contributed by atoms with E-state index in [9.17, 15) is 18.4 Å². The number of para-hydroxylation sites is 1. The molecule has 146 valence electrons. The summed E-state index contributed by atoms with van der Waals surface area (Å²) in [4.78, 5) is 27.0. The SMILES string of the molecule is O=C(Nc1ccc(F)c(F)c1)c1ccc(C(=O)N2CCCc3ccccc32)cc1. The first-order valence-electron chi connectivity index (χ1n) is 9.29. The Kier molecular flexibility index (Phi) is 5.08. The van der Waals surface area contributed by atoms with Gasteiger partial charge in [0.1, 0.15) is 0 Å². The number of hydrogen-bond donors (Lipinski definition) is 1. The van der Waals surface area contributed by atoms with Gasteiger partial charge in [-0.2, -0.15) is 0 Å². The van der Waals surface area contributed by atoms with Crippen LogP contribution in [0, 0.1) is 11.6 Å². The summed E-state index contributed by atoms with van der Waals surface area (Å²) in [5.74, 6) is -2.61. The highest BCUT2D eigenvalue weighted by Gasteiger charge is 2.23. The molecule has 4 nitrogen and oxygen atoms in total. The Balaban J connectivity index is 1.50. The largest absolute Gasteiger partial charge is 0.322 e. The summed E-state index contributed by atoms with van der Waals surface area (Å²) in [6, 6.07) is 17.3. The molecule has 0 saturated heterocycles. The van der Waals surface area contributed by atoms with E-state index in [0.717, 1.165) is 36.2 Å². The second kappa shape index (κ2) is 7.83. The molecule has 3 aromatic carbocycles. The molecule has 2 amide bonds. The van der Waals surface area contributed by atoms with Crippen molar-refractivity contribution in [2.75, 3.05) is 16.8 Å². The zero-order valence-corrected chi connectivity index (χ0v) is 15.5. The van der Waals surface area contributed by atoms with E-state index in [1.807, 2.05) is 24.3 Å². The first kappa shape index (κ1) is 18.8. The maximum absolute atomic E-state index is 13.3. The van der Waals surface area contributed by atoms with Gasteiger partial charge in [-0.25, -0.2) is 8.78 Å². The maximum Gasteiger partial charge on any atom is 0.258 e. The molecule has 0 unspecified atom stereocenters. The molecule has 1 aliphatic rings.